The van der Waals surface area contributed by atoms with Crippen LogP contribution in [-0.2, 0) is 9.53 Å². The van der Waals surface area contributed by atoms with Gasteiger partial charge in [0.05, 0.1) is 42.5 Å². The number of morpholine rings is 1. The molecule has 0 spiro atoms. The number of hydrogen-bond donors (Lipinski definition) is 0. The lowest BCUT2D eigenvalue weighted by Gasteiger charge is -2.26. The number of fused-ring (bicyclic) bond motifs is 1. The Labute approximate surface area is 239 Å². The van der Waals surface area contributed by atoms with Crippen LogP contribution in [0.1, 0.15) is 49.4 Å². The molecule has 1 aromatic heterocycles. The second kappa shape index (κ2) is 12.5. The zero-order valence-electron chi connectivity index (χ0n) is 21.7. The molecule has 11 heteroatoms. The van der Waals surface area contributed by atoms with Crippen LogP contribution in [0.5, 0.6) is 11.5 Å². The summed E-state index contributed by atoms with van der Waals surface area (Å²) in [4.78, 5) is 32.6. The number of hydrogen-bond acceptors (Lipinski definition) is 7. The number of ether oxygens (including phenoxy) is 3. The van der Waals surface area contributed by atoms with Gasteiger partial charge >= 0.3 is 0 Å². The lowest BCUT2D eigenvalue weighted by molar-refractivity contribution is -0.137. The smallest absolute Gasteiger partial charge is 0.282 e. The molecule has 1 amide bonds. The number of rotatable bonds is 7. The highest BCUT2D eigenvalue weighted by Crippen LogP contribution is 2.36. The van der Waals surface area contributed by atoms with Crippen molar-refractivity contribution in [1.82, 2.24) is 14.6 Å². The highest BCUT2D eigenvalue weighted by Gasteiger charge is 2.23. The molecule has 0 N–H and O–H groups in total. The van der Waals surface area contributed by atoms with Crippen molar-refractivity contribution in [3.05, 3.63) is 61.6 Å². The Morgan fingerprint density at radius 1 is 1.21 bits per heavy atom. The van der Waals surface area contributed by atoms with Crippen LogP contribution in [0.2, 0.25) is 5.02 Å². The quantitative estimate of drug-likeness (QED) is 0.347. The maximum absolute atomic E-state index is 13.6. The third-order valence-electron chi connectivity index (χ3n) is 7.08. The van der Waals surface area contributed by atoms with Gasteiger partial charge in [-0.2, -0.15) is 9.78 Å². The molecule has 2 fully saturated rings. The van der Waals surface area contributed by atoms with Crippen LogP contribution in [0.25, 0.3) is 10.9 Å². The van der Waals surface area contributed by atoms with Crippen molar-refractivity contribution >= 4 is 50.6 Å². The van der Waals surface area contributed by atoms with Gasteiger partial charge in [-0.05, 0) is 48.7 Å². The standard InChI is InChI=1S/C28H30BrClN4O5/c1-37-24-14-18(13-22(30)26(24)39-17-25(35)33-9-11-38-12-10-33)16-31-34-27(19-5-3-2-4-6-19)32-23-8-7-20(29)15-21(23)28(34)36/h7-8,13-16,19H,2-6,9-12,17H2,1H3. The summed E-state index contributed by atoms with van der Waals surface area (Å²) < 4.78 is 18.8. The van der Waals surface area contributed by atoms with Crippen LogP contribution in [0, 0.1) is 0 Å². The van der Waals surface area contributed by atoms with Gasteiger partial charge in [0.1, 0.15) is 5.82 Å². The fraction of sp³-hybridized carbons (Fsp3) is 0.429. The van der Waals surface area contributed by atoms with Crippen molar-refractivity contribution in [3.8, 4) is 11.5 Å². The van der Waals surface area contributed by atoms with Gasteiger partial charge in [-0.25, -0.2) is 4.98 Å². The van der Waals surface area contributed by atoms with Crippen molar-refractivity contribution < 1.29 is 19.0 Å². The molecule has 1 aliphatic heterocycles. The molecule has 3 aromatic rings. The average molecular weight is 618 g/mol. The first kappa shape index (κ1) is 27.6. The lowest BCUT2D eigenvalue weighted by atomic mass is 9.88. The van der Waals surface area contributed by atoms with Gasteiger partial charge in [0.25, 0.3) is 11.5 Å². The zero-order valence-corrected chi connectivity index (χ0v) is 24.0. The highest BCUT2D eigenvalue weighted by atomic mass is 79.9. The predicted octanol–water partition coefficient (Wildman–Crippen LogP) is 4.99. The summed E-state index contributed by atoms with van der Waals surface area (Å²) in [6.45, 7) is 1.93. The van der Waals surface area contributed by atoms with Gasteiger partial charge in [-0.1, -0.05) is 46.8 Å². The van der Waals surface area contributed by atoms with Crippen LogP contribution in [-0.4, -0.2) is 66.7 Å². The van der Waals surface area contributed by atoms with Crippen LogP contribution >= 0.6 is 27.5 Å². The van der Waals surface area contributed by atoms with Gasteiger partial charge in [0, 0.05) is 23.5 Å². The van der Waals surface area contributed by atoms with Crippen LogP contribution in [0.15, 0.2) is 44.7 Å². The van der Waals surface area contributed by atoms with Crippen molar-refractivity contribution in [3.63, 3.8) is 0 Å². The molecule has 2 aromatic carbocycles. The second-order valence-electron chi connectivity index (χ2n) is 9.64. The summed E-state index contributed by atoms with van der Waals surface area (Å²) in [5.74, 6) is 1.32. The van der Waals surface area contributed by atoms with E-state index in [9.17, 15) is 9.59 Å². The molecule has 9 nitrogen and oxygen atoms in total. The summed E-state index contributed by atoms with van der Waals surface area (Å²) in [7, 11) is 1.50. The summed E-state index contributed by atoms with van der Waals surface area (Å²) in [5, 5.41) is 5.35. The Balaban J connectivity index is 1.44. The molecule has 0 atom stereocenters. The minimum atomic E-state index is -0.224. The molecule has 5 rings (SSSR count). The zero-order chi connectivity index (χ0) is 27.4. The van der Waals surface area contributed by atoms with Crippen LogP contribution < -0.4 is 15.0 Å². The summed E-state index contributed by atoms with van der Waals surface area (Å²) in [6.07, 6.45) is 6.90. The minimum absolute atomic E-state index is 0.146. The van der Waals surface area contributed by atoms with E-state index in [0.717, 1.165) is 30.2 Å². The van der Waals surface area contributed by atoms with E-state index in [-0.39, 0.29) is 34.8 Å². The van der Waals surface area contributed by atoms with Crippen molar-refractivity contribution in [1.29, 1.82) is 0 Å². The first-order chi connectivity index (χ1) is 18.9. The van der Waals surface area contributed by atoms with Gasteiger partial charge in [-0.3, -0.25) is 9.59 Å². The fourth-order valence-corrected chi connectivity index (χ4v) is 5.65. The monoisotopic (exact) mass is 616 g/mol. The first-order valence-electron chi connectivity index (χ1n) is 13.1. The molecule has 2 aliphatic rings. The van der Waals surface area contributed by atoms with E-state index < -0.39 is 0 Å². The number of carbonyl (C=O) groups is 1. The molecule has 0 unspecified atom stereocenters. The Morgan fingerprint density at radius 2 is 1.97 bits per heavy atom. The van der Waals surface area contributed by atoms with E-state index in [4.69, 9.17) is 30.8 Å². The normalized spacial score (nSPS) is 16.6. The first-order valence-corrected chi connectivity index (χ1v) is 14.2. The molecule has 206 valence electrons. The third kappa shape index (κ3) is 6.28. The maximum atomic E-state index is 13.6. The van der Waals surface area contributed by atoms with Crippen molar-refractivity contribution in [2.45, 2.75) is 38.0 Å². The molecule has 39 heavy (non-hydrogen) atoms. The number of carbonyl (C=O) groups excluding carboxylic acids is 1. The largest absolute Gasteiger partial charge is 0.493 e. The minimum Gasteiger partial charge on any atom is -0.493 e. The second-order valence-corrected chi connectivity index (χ2v) is 11.0. The van der Waals surface area contributed by atoms with Gasteiger partial charge < -0.3 is 19.1 Å². The Hall–Kier alpha value is -2.95. The van der Waals surface area contributed by atoms with Gasteiger partial charge in [0.15, 0.2) is 18.1 Å². The van der Waals surface area contributed by atoms with E-state index in [2.05, 4.69) is 21.0 Å². The van der Waals surface area contributed by atoms with Crippen molar-refractivity contribution in [2.75, 3.05) is 40.0 Å². The highest BCUT2D eigenvalue weighted by molar-refractivity contribution is 9.10. The van der Waals surface area contributed by atoms with E-state index in [1.54, 1.807) is 29.3 Å². The topological polar surface area (TPSA) is 95.2 Å². The maximum Gasteiger partial charge on any atom is 0.282 e. The van der Waals surface area contributed by atoms with Gasteiger partial charge in [-0.15, -0.1) is 0 Å². The van der Waals surface area contributed by atoms with Crippen molar-refractivity contribution in [2.24, 2.45) is 5.10 Å². The van der Waals surface area contributed by atoms with E-state index in [1.807, 2.05) is 12.1 Å². The molecule has 1 saturated carbocycles. The van der Waals surface area contributed by atoms with Crippen LogP contribution in [0.4, 0.5) is 0 Å². The molecular formula is C28H30BrClN4O5. The molecule has 0 bridgehead atoms. The number of nitrogens with zero attached hydrogens (tertiary/aromatic N) is 4. The number of halogens is 2. The number of amides is 1. The molecular weight excluding hydrogens is 588 g/mol. The summed E-state index contributed by atoms with van der Waals surface area (Å²) in [6, 6.07) is 8.89. The average Bonchev–Trinajstić information content (AvgIpc) is 2.96. The Morgan fingerprint density at radius 3 is 2.72 bits per heavy atom. The number of methoxy groups -OCH3 is 1. The molecule has 0 radical (unpaired) electrons. The predicted molar refractivity (Wildman–Crippen MR) is 153 cm³/mol. The Kier molecular flexibility index (Phi) is 8.84. The SMILES string of the molecule is COc1cc(C=Nn2c(C3CCCCC3)nc3ccc(Br)cc3c2=O)cc(Cl)c1OCC(=O)N1CCOCC1. The van der Waals surface area contributed by atoms with Crippen LogP contribution in [0.3, 0.4) is 0 Å². The molecule has 1 saturated heterocycles. The Bertz CT molecular complexity index is 1450. The van der Waals surface area contributed by atoms with E-state index >= 15 is 0 Å². The third-order valence-corrected chi connectivity index (χ3v) is 7.86. The van der Waals surface area contributed by atoms with E-state index in [1.165, 1.54) is 18.2 Å². The van der Waals surface area contributed by atoms with E-state index in [0.29, 0.717) is 54.3 Å². The number of aromatic nitrogens is 2. The summed E-state index contributed by atoms with van der Waals surface area (Å²) in [5.41, 5.74) is 1.05. The summed E-state index contributed by atoms with van der Waals surface area (Å²) >= 11 is 10.00. The molecule has 1 aliphatic carbocycles. The number of benzene rings is 2. The fourth-order valence-electron chi connectivity index (χ4n) is 5.02. The molecule has 2 heterocycles. The van der Waals surface area contributed by atoms with Gasteiger partial charge in [0.2, 0.25) is 0 Å². The lowest BCUT2D eigenvalue weighted by Crippen LogP contribution is -2.43.